The molecule has 0 radical (unpaired) electrons. The molecule has 7 nitrogen and oxygen atoms in total. The highest BCUT2D eigenvalue weighted by atomic mass is 32.2. The Kier molecular flexibility index (Phi) is 5.66. The Morgan fingerprint density at radius 1 is 1.00 bits per heavy atom. The van der Waals surface area contributed by atoms with E-state index >= 15 is 0 Å². The van der Waals surface area contributed by atoms with Crippen LogP contribution in [-0.2, 0) is 14.9 Å². The molecule has 3 aliphatic rings. The monoisotopic (exact) mass is 359 g/mol. The third-order valence-electron chi connectivity index (χ3n) is 5.57. The molecule has 1 aliphatic carbocycles. The van der Waals surface area contributed by atoms with Crippen molar-refractivity contribution in [1.29, 1.82) is 0 Å². The summed E-state index contributed by atoms with van der Waals surface area (Å²) in [7, 11) is -3.77. The highest BCUT2D eigenvalue weighted by Gasteiger charge is 2.41. The molecule has 0 aromatic rings. The smallest absolute Gasteiger partial charge is 0.329 e. The summed E-state index contributed by atoms with van der Waals surface area (Å²) in [6.45, 7) is 1.59. The molecule has 0 bridgehead atoms. The van der Waals surface area contributed by atoms with E-state index in [-0.39, 0.29) is 11.6 Å². The summed E-state index contributed by atoms with van der Waals surface area (Å²) in [6, 6.07) is -0.515. The van der Waals surface area contributed by atoms with Crippen molar-refractivity contribution < 1.29 is 17.9 Å². The van der Waals surface area contributed by atoms with E-state index in [1.54, 1.807) is 0 Å². The maximum Gasteiger partial charge on any atom is 0.329 e. The van der Waals surface area contributed by atoms with Gasteiger partial charge in [-0.25, -0.2) is 9.52 Å². The Morgan fingerprint density at radius 3 is 2.25 bits per heavy atom. The maximum absolute atomic E-state index is 12.4. The summed E-state index contributed by atoms with van der Waals surface area (Å²) in [5.74, 6) is 0. The van der Waals surface area contributed by atoms with Gasteiger partial charge < -0.3 is 10.1 Å². The molecule has 0 unspecified atom stereocenters. The number of carbonyl (C=O) groups is 1. The minimum Gasteiger partial charge on any atom is -0.375 e. The Labute approximate surface area is 144 Å². The molecule has 8 heteroatoms. The summed E-state index contributed by atoms with van der Waals surface area (Å²) < 4.78 is 34.2. The van der Waals surface area contributed by atoms with E-state index in [0.717, 1.165) is 45.1 Å². The van der Waals surface area contributed by atoms with E-state index in [2.05, 4.69) is 10.0 Å². The van der Waals surface area contributed by atoms with Crippen LogP contribution in [0.1, 0.15) is 64.2 Å². The molecule has 0 atom stereocenters. The third-order valence-corrected chi connectivity index (χ3v) is 7.06. The van der Waals surface area contributed by atoms with Gasteiger partial charge in [-0.15, -0.1) is 0 Å². The average molecular weight is 359 g/mol. The lowest BCUT2D eigenvalue weighted by molar-refractivity contribution is -0.0310. The molecule has 1 saturated carbocycles. The standard InChI is InChI=1S/C16H29N3O4S/c20-15(17-14-6-3-1-2-4-7-14)18-24(21,22)19-11-9-16(10-12-19)8-5-13-23-16/h14H,1-13H2,(H2,17,18,20). The lowest BCUT2D eigenvalue weighted by Crippen LogP contribution is -2.53. The number of nitrogens with one attached hydrogen (secondary N) is 2. The average Bonchev–Trinajstić information content (AvgIpc) is 2.82. The zero-order valence-corrected chi connectivity index (χ0v) is 15.1. The Bertz CT molecular complexity index is 528. The molecular formula is C16H29N3O4S. The fraction of sp³-hybridized carbons (Fsp3) is 0.938. The van der Waals surface area contributed by atoms with Gasteiger partial charge >= 0.3 is 16.2 Å². The molecule has 0 aromatic carbocycles. The van der Waals surface area contributed by atoms with Crippen molar-refractivity contribution in [2.24, 2.45) is 0 Å². The van der Waals surface area contributed by atoms with Crippen LogP contribution in [0.2, 0.25) is 0 Å². The van der Waals surface area contributed by atoms with Gasteiger partial charge in [-0.3, -0.25) is 0 Å². The van der Waals surface area contributed by atoms with Crippen LogP contribution in [0.4, 0.5) is 4.79 Å². The van der Waals surface area contributed by atoms with Gasteiger partial charge in [-0.05, 0) is 38.5 Å². The van der Waals surface area contributed by atoms with Gasteiger partial charge in [0, 0.05) is 25.7 Å². The van der Waals surface area contributed by atoms with Crippen molar-refractivity contribution in [2.75, 3.05) is 19.7 Å². The van der Waals surface area contributed by atoms with Gasteiger partial charge in [-0.2, -0.15) is 12.7 Å². The van der Waals surface area contributed by atoms with Crippen LogP contribution >= 0.6 is 0 Å². The van der Waals surface area contributed by atoms with E-state index in [4.69, 9.17) is 4.74 Å². The molecular weight excluding hydrogens is 330 g/mol. The zero-order valence-electron chi connectivity index (χ0n) is 14.3. The molecule has 24 heavy (non-hydrogen) atoms. The minimum absolute atomic E-state index is 0.0826. The number of hydrogen-bond donors (Lipinski definition) is 2. The van der Waals surface area contributed by atoms with Crippen LogP contribution in [0.5, 0.6) is 0 Å². The first-order valence-electron chi connectivity index (χ1n) is 9.22. The SMILES string of the molecule is O=C(NC1CCCCCC1)NS(=O)(=O)N1CCC2(CCCO2)CC1. The number of hydrogen-bond acceptors (Lipinski definition) is 4. The number of urea groups is 1. The van der Waals surface area contributed by atoms with Gasteiger partial charge in [0.25, 0.3) is 0 Å². The lowest BCUT2D eigenvalue weighted by atomic mass is 9.90. The zero-order chi connectivity index (χ0) is 17.0. The van der Waals surface area contributed by atoms with E-state index in [9.17, 15) is 13.2 Å². The molecule has 1 spiro atoms. The first kappa shape index (κ1) is 17.9. The Morgan fingerprint density at radius 2 is 1.67 bits per heavy atom. The number of ether oxygens (including phenoxy) is 1. The normalized spacial score (nSPS) is 26.2. The second kappa shape index (κ2) is 7.58. The predicted octanol–water partition coefficient (Wildman–Crippen LogP) is 1.90. The van der Waals surface area contributed by atoms with Crippen LogP contribution in [-0.4, -0.2) is 50.1 Å². The van der Waals surface area contributed by atoms with Gasteiger partial charge in [-0.1, -0.05) is 25.7 Å². The largest absolute Gasteiger partial charge is 0.375 e. The van der Waals surface area contributed by atoms with Crippen molar-refractivity contribution in [3.05, 3.63) is 0 Å². The summed E-state index contributed by atoms with van der Waals surface area (Å²) in [5, 5.41) is 2.82. The van der Waals surface area contributed by atoms with Crippen LogP contribution < -0.4 is 10.0 Å². The summed E-state index contributed by atoms with van der Waals surface area (Å²) in [5.41, 5.74) is -0.130. The molecule has 2 aliphatic heterocycles. The molecule has 3 rings (SSSR count). The van der Waals surface area contributed by atoms with E-state index in [0.29, 0.717) is 25.9 Å². The molecule has 2 heterocycles. The van der Waals surface area contributed by atoms with Crippen LogP contribution in [0.3, 0.4) is 0 Å². The summed E-state index contributed by atoms with van der Waals surface area (Å²) >= 11 is 0. The first-order chi connectivity index (χ1) is 11.5. The number of carbonyl (C=O) groups excluding carboxylic acids is 1. The summed E-state index contributed by atoms with van der Waals surface area (Å²) in [4.78, 5) is 12.1. The van der Waals surface area contributed by atoms with Crippen molar-refractivity contribution in [1.82, 2.24) is 14.3 Å². The Hall–Kier alpha value is -0.860. The number of nitrogens with zero attached hydrogens (tertiary/aromatic N) is 1. The molecule has 138 valence electrons. The van der Waals surface area contributed by atoms with Crippen molar-refractivity contribution in [2.45, 2.75) is 75.9 Å². The molecule has 2 N–H and O–H groups in total. The third kappa shape index (κ3) is 4.40. The van der Waals surface area contributed by atoms with Crippen LogP contribution in [0.25, 0.3) is 0 Å². The number of rotatable bonds is 3. The summed E-state index contributed by atoms with van der Waals surface area (Å²) in [6.07, 6.45) is 9.89. The quantitative estimate of drug-likeness (QED) is 0.754. The van der Waals surface area contributed by atoms with Crippen LogP contribution in [0, 0.1) is 0 Å². The van der Waals surface area contributed by atoms with Crippen molar-refractivity contribution >= 4 is 16.2 Å². The second-order valence-corrected chi connectivity index (χ2v) is 8.97. The van der Waals surface area contributed by atoms with E-state index in [1.807, 2.05) is 0 Å². The molecule has 2 amide bonds. The topological polar surface area (TPSA) is 87.7 Å². The minimum atomic E-state index is -3.77. The Balaban J connectivity index is 1.49. The number of amides is 2. The highest BCUT2D eigenvalue weighted by Crippen LogP contribution is 2.36. The number of piperidine rings is 1. The van der Waals surface area contributed by atoms with Crippen molar-refractivity contribution in [3.8, 4) is 0 Å². The maximum atomic E-state index is 12.4. The van der Waals surface area contributed by atoms with Crippen LogP contribution in [0.15, 0.2) is 0 Å². The second-order valence-electron chi connectivity index (χ2n) is 7.30. The molecule has 2 saturated heterocycles. The van der Waals surface area contributed by atoms with Crippen molar-refractivity contribution in [3.63, 3.8) is 0 Å². The molecule has 0 aromatic heterocycles. The highest BCUT2D eigenvalue weighted by molar-refractivity contribution is 7.87. The fourth-order valence-corrected chi connectivity index (χ4v) is 5.19. The predicted molar refractivity (Wildman–Crippen MR) is 90.8 cm³/mol. The van der Waals surface area contributed by atoms with Gasteiger partial charge in [0.05, 0.1) is 5.60 Å². The fourth-order valence-electron chi connectivity index (χ4n) is 4.10. The van der Waals surface area contributed by atoms with E-state index < -0.39 is 16.2 Å². The van der Waals surface area contributed by atoms with Gasteiger partial charge in [0.15, 0.2) is 0 Å². The van der Waals surface area contributed by atoms with Gasteiger partial charge in [0.2, 0.25) is 0 Å². The molecule has 3 fully saturated rings. The van der Waals surface area contributed by atoms with Gasteiger partial charge in [0.1, 0.15) is 0 Å². The first-order valence-corrected chi connectivity index (χ1v) is 10.7. The lowest BCUT2D eigenvalue weighted by Gasteiger charge is -2.37. The van der Waals surface area contributed by atoms with E-state index in [1.165, 1.54) is 17.1 Å².